The number of carbonyl (C=O) groups is 3. The molecule has 5 N–H and O–H groups in total. The summed E-state index contributed by atoms with van der Waals surface area (Å²) in [7, 11) is 1.26. The summed E-state index contributed by atoms with van der Waals surface area (Å²) >= 11 is 0. The van der Waals surface area contributed by atoms with Crippen LogP contribution < -0.4 is 21.3 Å². The standard InChI is InChI=1S/C32H42N8O4/c1-7-17-40(28(41)21-36-31(43)44-6)18-16-34-19-26(33-5)24-12-8-22(9-13-24)23-10-14-25(15-11-23)27-20-35-29(37-27)38-30(42)39-32(2,3)4/h8-15,19-20,34H,5,7,16-18,21H2,1-4,6H3,(H,36,43)(H3,35,37,38,39,42)/b26-19-. The first-order chi connectivity index (χ1) is 21.0. The van der Waals surface area contributed by atoms with E-state index in [1.807, 2.05) is 76.2 Å². The van der Waals surface area contributed by atoms with Gasteiger partial charge in [0.05, 0.1) is 24.7 Å². The van der Waals surface area contributed by atoms with Gasteiger partial charge in [0.1, 0.15) is 6.54 Å². The highest BCUT2D eigenvalue weighted by atomic mass is 16.5. The third kappa shape index (κ3) is 10.3. The average molecular weight is 603 g/mol. The van der Waals surface area contributed by atoms with Crippen molar-refractivity contribution in [3.05, 3.63) is 66.5 Å². The fraction of sp³-hybridized carbons (Fsp3) is 0.344. The number of methoxy groups -OCH3 is 1. The van der Waals surface area contributed by atoms with E-state index in [2.05, 4.69) is 47.7 Å². The Hall–Kier alpha value is -5.13. The zero-order valence-electron chi connectivity index (χ0n) is 26.0. The second-order valence-corrected chi connectivity index (χ2v) is 11.0. The Morgan fingerprint density at radius 2 is 1.66 bits per heavy atom. The highest BCUT2D eigenvalue weighted by molar-refractivity contribution is 5.88. The van der Waals surface area contributed by atoms with Crippen LogP contribution in [0.2, 0.25) is 0 Å². The molecule has 0 aliphatic rings. The molecule has 4 amide bonds. The van der Waals surface area contributed by atoms with Gasteiger partial charge in [-0.15, -0.1) is 0 Å². The highest BCUT2D eigenvalue weighted by Gasteiger charge is 2.15. The minimum absolute atomic E-state index is 0.115. The molecule has 0 fully saturated rings. The van der Waals surface area contributed by atoms with E-state index in [1.54, 1.807) is 17.3 Å². The van der Waals surface area contributed by atoms with Gasteiger partial charge in [0.2, 0.25) is 11.9 Å². The summed E-state index contributed by atoms with van der Waals surface area (Å²) in [5.41, 5.74) is 5.02. The molecule has 0 spiro atoms. The molecular formula is C32H42N8O4. The van der Waals surface area contributed by atoms with E-state index in [1.165, 1.54) is 7.11 Å². The second-order valence-electron chi connectivity index (χ2n) is 11.0. The third-order valence-electron chi connectivity index (χ3n) is 6.36. The van der Waals surface area contributed by atoms with Crippen molar-refractivity contribution in [3.8, 4) is 22.4 Å². The fourth-order valence-corrected chi connectivity index (χ4v) is 4.24. The lowest BCUT2D eigenvalue weighted by Crippen LogP contribution is -2.43. The number of ether oxygens (including phenoxy) is 1. The van der Waals surface area contributed by atoms with Gasteiger partial charge in [-0.25, -0.2) is 14.6 Å². The Morgan fingerprint density at radius 3 is 2.25 bits per heavy atom. The number of aromatic amines is 1. The molecule has 3 aromatic rings. The SMILES string of the molecule is C=N/C(=C\NCCN(CCC)C(=O)CNC(=O)OC)c1ccc(-c2ccc(-c3cnc(NC(=O)NC(C)(C)C)[nH]3)cc2)cc1. The van der Waals surface area contributed by atoms with Crippen molar-refractivity contribution in [2.45, 2.75) is 39.7 Å². The van der Waals surface area contributed by atoms with Crippen molar-refractivity contribution in [2.24, 2.45) is 4.99 Å². The Morgan fingerprint density at radius 1 is 1.02 bits per heavy atom. The summed E-state index contributed by atoms with van der Waals surface area (Å²) in [6.07, 6.45) is 3.62. The molecule has 12 heteroatoms. The van der Waals surface area contributed by atoms with E-state index in [-0.39, 0.29) is 24.0 Å². The predicted molar refractivity (Wildman–Crippen MR) is 174 cm³/mol. The number of hydrogen-bond donors (Lipinski definition) is 5. The summed E-state index contributed by atoms with van der Waals surface area (Å²) in [6, 6.07) is 15.7. The zero-order valence-corrected chi connectivity index (χ0v) is 26.0. The molecule has 0 aliphatic carbocycles. The van der Waals surface area contributed by atoms with E-state index in [4.69, 9.17) is 0 Å². The monoisotopic (exact) mass is 602 g/mol. The molecule has 3 rings (SSSR count). The first-order valence-corrected chi connectivity index (χ1v) is 14.4. The van der Waals surface area contributed by atoms with Gasteiger partial charge in [-0.3, -0.25) is 15.1 Å². The van der Waals surface area contributed by atoms with Crippen LogP contribution in [-0.4, -0.2) is 78.4 Å². The van der Waals surface area contributed by atoms with Gasteiger partial charge < -0.3 is 30.6 Å². The molecule has 0 bridgehead atoms. The Balaban J connectivity index is 1.57. The topological polar surface area (TPSA) is 153 Å². The molecular weight excluding hydrogens is 560 g/mol. The summed E-state index contributed by atoms with van der Waals surface area (Å²) in [5.74, 6) is 0.191. The first kappa shape index (κ1) is 33.4. The second kappa shape index (κ2) is 15.9. The van der Waals surface area contributed by atoms with E-state index in [9.17, 15) is 14.4 Å². The maximum atomic E-state index is 12.4. The molecule has 234 valence electrons. The predicted octanol–water partition coefficient (Wildman–Crippen LogP) is 4.85. The normalized spacial score (nSPS) is 11.3. The number of alkyl carbamates (subject to hydrolysis) is 1. The summed E-state index contributed by atoms with van der Waals surface area (Å²) in [5, 5.41) is 11.2. The van der Waals surface area contributed by atoms with Crippen LogP contribution in [0.1, 0.15) is 39.7 Å². The lowest BCUT2D eigenvalue weighted by Gasteiger charge is -2.22. The van der Waals surface area contributed by atoms with Crippen molar-refractivity contribution in [3.63, 3.8) is 0 Å². The number of H-pyrrole nitrogens is 1. The van der Waals surface area contributed by atoms with Crippen LogP contribution in [0.4, 0.5) is 15.5 Å². The van der Waals surface area contributed by atoms with Gasteiger partial charge in [0, 0.05) is 36.9 Å². The number of amides is 4. The number of urea groups is 1. The number of anilines is 1. The number of hydrogen-bond acceptors (Lipinski definition) is 7. The van der Waals surface area contributed by atoms with Crippen LogP contribution >= 0.6 is 0 Å². The Labute approximate surface area is 258 Å². The number of carbonyl (C=O) groups excluding carboxylic acids is 3. The molecule has 12 nitrogen and oxygen atoms in total. The number of benzene rings is 2. The fourth-order valence-electron chi connectivity index (χ4n) is 4.24. The number of nitrogens with zero attached hydrogens (tertiary/aromatic N) is 3. The van der Waals surface area contributed by atoms with Crippen LogP contribution in [0.15, 0.2) is 65.9 Å². The molecule has 0 saturated carbocycles. The zero-order chi connectivity index (χ0) is 32.1. The van der Waals surface area contributed by atoms with Crippen molar-refractivity contribution in [1.82, 2.24) is 30.8 Å². The van der Waals surface area contributed by atoms with Crippen LogP contribution in [-0.2, 0) is 9.53 Å². The van der Waals surface area contributed by atoms with Crippen LogP contribution in [0.5, 0.6) is 0 Å². The van der Waals surface area contributed by atoms with Crippen molar-refractivity contribution in [2.75, 3.05) is 38.6 Å². The number of aromatic nitrogens is 2. The summed E-state index contributed by atoms with van der Waals surface area (Å²) in [4.78, 5) is 49.1. The van der Waals surface area contributed by atoms with Gasteiger partial charge >= 0.3 is 12.1 Å². The molecule has 1 aromatic heterocycles. The van der Waals surface area contributed by atoms with Gasteiger partial charge in [-0.05, 0) is 50.6 Å². The van der Waals surface area contributed by atoms with E-state index in [0.29, 0.717) is 31.3 Å². The molecule has 0 aliphatic heterocycles. The molecule has 0 radical (unpaired) electrons. The molecule has 1 heterocycles. The van der Waals surface area contributed by atoms with Gasteiger partial charge in [-0.1, -0.05) is 55.5 Å². The molecule has 0 unspecified atom stereocenters. The number of aliphatic imine (C=N–C) groups is 1. The smallest absolute Gasteiger partial charge is 0.407 e. The van der Waals surface area contributed by atoms with E-state index >= 15 is 0 Å². The van der Waals surface area contributed by atoms with E-state index in [0.717, 1.165) is 34.4 Å². The maximum Gasteiger partial charge on any atom is 0.407 e. The minimum Gasteiger partial charge on any atom is -0.453 e. The Bertz CT molecular complexity index is 1440. The quantitative estimate of drug-likeness (QED) is 0.139. The van der Waals surface area contributed by atoms with Gasteiger partial charge in [0.15, 0.2) is 0 Å². The summed E-state index contributed by atoms with van der Waals surface area (Å²) < 4.78 is 4.52. The van der Waals surface area contributed by atoms with Crippen molar-refractivity contribution >= 4 is 36.4 Å². The lowest BCUT2D eigenvalue weighted by atomic mass is 10.0. The maximum absolute atomic E-state index is 12.4. The largest absolute Gasteiger partial charge is 0.453 e. The number of imidazole rings is 1. The van der Waals surface area contributed by atoms with Crippen LogP contribution in [0, 0.1) is 0 Å². The number of nitrogens with one attached hydrogen (secondary N) is 5. The van der Waals surface area contributed by atoms with Crippen LogP contribution in [0.3, 0.4) is 0 Å². The molecule has 0 atom stereocenters. The van der Waals surface area contributed by atoms with E-state index < -0.39 is 6.09 Å². The molecule has 0 saturated heterocycles. The molecule has 44 heavy (non-hydrogen) atoms. The first-order valence-electron chi connectivity index (χ1n) is 14.4. The Kier molecular flexibility index (Phi) is 12.1. The third-order valence-corrected chi connectivity index (χ3v) is 6.36. The van der Waals surface area contributed by atoms with Crippen molar-refractivity contribution < 1.29 is 19.1 Å². The van der Waals surface area contributed by atoms with Gasteiger partial charge in [-0.2, -0.15) is 0 Å². The molecule has 2 aromatic carbocycles. The highest BCUT2D eigenvalue weighted by Crippen LogP contribution is 2.26. The minimum atomic E-state index is -0.638. The average Bonchev–Trinajstić information content (AvgIpc) is 3.46. The van der Waals surface area contributed by atoms with Crippen molar-refractivity contribution in [1.29, 1.82) is 0 Å². The summed E-state index contributed by atoms with van der Waals surface area (Å²) in [6.45, 7) is 12.9. The van der Waals surface area contributed by atoms with Crippen LogP contribution in [0.25, 0.3) is 28.1 Å². The van der Waals surface area contributed by atoms with Gasteiger partial charge in [0.25, 0.3) is 0 Å². The number of rotatable bonds is 13. The lowest BCUT2D eigenvalue weighted by molar-refractivity contribution is -0.130.